The number of carbonyl (C=O) groups excluding carboxylic acids is 4. The molecular formula is C22H18ClFN4O5. The van der Waals surface area contributed by atoms with Crippen LogP contribution in [0.15, 0.2) is 42.1 Å². The van der Waals surface area contributed by atoms with E-state index in [1.165, 1.54) is 24.4 Å². The Hall–Kier alpha value is -3.79. The first kappa shape index (κ1) is 22.4. The Balaban J connectivity index is 1.38. The van der Waals surface area contributed by atoms with E-state index in [9.17, 15) is 23.6 Å². The van der Waals surface area contributed by atoms with E-state index in [0.29, 0.717) is 31.5 Å². The Morgan fingerprint density at radius 1 is 1.15 bits per heavy atom. The summed E-state index contributed by atoms with van der Waals surface area (Å²) in [6.07, 6.45) is 3.40. The van der Waals surface area contributed by atoms with Gasteiger partial charge in [0.2, 0.25) is 0 Å². The van der Waals surface area contributed by atoms with Gasteiger partial charge in [-0.1, -0.05) is 17.7 Å². The number of barbiturate groups is 1. The SMILES string of the molecule is O=C1NC(=O)C(=Cc2ccc(OC3CCN(C(=O)c4cccnc4Cl)CC3)c(F)c2)C(=O)N1. The molecule has 0 aliphatic carbocycles. The molecule has 0 spiro atoms. The second-order valence-electron chi connectivity index (χ2n) is 7.44. The lowest BCUT2D eigenvalue weighted by atomic mass is 10.1. The maximum Gasteiger partial charge on any atom is 0.328 e. The molecule has 170 valence electrons. The van der Waals surface area contributed by atoms with Crippen LogP contribution in [-0.4, -0.2) is 52.8 Å². The molecule has 2 aliphatic heterocycles. The third-order valence-corrected chi connectivity index (χ3v) is 5.52. The number of imide groups is 2. The molecule has 11 heteroatoms. The number of urea groups is 1. The van der Waals surface area contributed by atoms with Gasteiger partial charge in [0.05, 0.1) is 5.56 Å². The van der Waals surface area contributed by atoms with Crippen molar-refractivity contribution in [3.05, 3.63) is 64.2 Å². The maximum atomic E-state index is 14.6. The number of rotatable bonds is 4. The first-order chi connectivity index (χ1) is 15.8. The average molecular weight is 473 g/mol. The summed E-state index contributed by atoms with van der Waals surface area (Å²) in [5, 5.41) is 4.05. The van der Waals surface area contributed by atoms with Crippen molar-refractivity contribution in [1.82, 2.24) is 20.5 Å². The van der Waals surface area contributed by atoms with E-state index in [-0.39, 0.29) is 34.1 Å². The van der Waals surface area contributed by atoms with Gasteiger partial charge in [-0.15, -0.1) is 0 Å². The highest BCUT2D eigenvalue weighted by Gasteiger charge is 2.28. The van der Waals surface area contributed by atoms with E-state index in [0.717, 1.165) is 6.07 Å². The van der Waals surface area contributed by atoms with Crippen LogP contribution in [0.2, 0.25) is 5.15 Å². The molecule has 0 unspecified atom stereocenters. The van der Waals surface area contributed by atoms with Crippen LogP contribution in [0.25, 0.3) is 6.08 Å². The van der Waals surface area contributed by atoms with Crippen LogP contribution in [0.1, 0.15) is 28.8 Å². The molecule has 3 heterocycles. The Labute approximate surface area is 192 Å². The molecule has 1 aromatic heterocycles. The van der Waals surface area contributed by atoms with Crippen LogP contribution in [0, 0.1) is 5.82 Å². The fourth-order valence-corrected chi connectivity index (χ4v) is 3.75. The molecule has 2 aliphatic rings. The molecule has 1 aromatic carbocycles. The summed E-state index contributed by atoms with van der Waals surface area (Å²) in [6, 6.07) is 6.37. The number of hydrogen-bond donors (Lipinski definition) is 2. The number of hydrogen-bond acceptors (Lipinski definition) is 6. The molecule has 0 saturated carbocycles. The van der Waals surface area contributed by atoms with Crippen molar-refractivity contribution in [1.29, 1.82) is 0 Å². The number of halogens is 2. The molecular weight excluding hydrogens is 455 g/mol. The number of likely N-dealkylation sites (tertiary alicyclic amines) is 1. The van der Waals surface area contributed by atoms with Crippen molar-refractivity contribution in [3.63, 3.8) is 0 Å². The van der Waals surface area contributed by atoms with E-state index < -0.39 is 23.7 Å². The minimum absolute atomic E-state index is 0.0185. The van der Waals surface area contributed by atoms with E-state index >= 15 is 0 Å². The van der Waals surface area contributed by atoms with Crippen molar-refractivity contribution in [2.45, 2.75) is 18.9 Å². The zero-order valence-electron chi connectivity index (χ0n) is 17.1. The van der Waals surface area contributed by atoms with Gasteiger partial charge >= 0.3 is 6.03 Å². The Morgan fingerprint density at radius 3 is 2.48 bits per heavy atom. The highest BCUT2D eigenvalue weighted by atomic mass is 35.5. The summed E-state index contributed by atoms with van der Waals surface area (Å²) in [4.78, 5) is 52.9. The molecule has 0 bridgehead atoms. The second-order valence-corrected chi connectivity index (χ2v) is 7.79. The van der Waals surface area contributed by atoms with Crippen LogP contribution in [-0.2, 0) is 9.59 Å². The fourth-order valence-electron chi connectivity index (χ4n) is 3.55. The molecule has 5 amide bonds. The average Bonchev–Trinajstić information content (AvgIpc) is 2.78. The van der Waals surface area contributed by atoms with Gasteiger partial charge in [0, 0.05) is 32.1 Å². The Bertz CT molecular complexity index is 1160. The molecule has 2 saturated heterocycles. The number of aromatic nitrogens is 1. The molecule has 0 atom stereocenters. The Morgan fingerprint density at radius 2 is 1.85 bits per heavy atom. The van der Waals surface area contributed by atoms with Crippen molar-refractivity contribution in [3.8, 4) is 5.75 Å². The normalized spacial score (nSPS) is 16.8. The monoisotopic (exact) mass is 472 g/mol. The van der Waals surface area contributed by atoms with Gasteiger partial charge < -0.3 is 9.64 Å². The number of pyridine rings is 1. The predicted molar refractivity (Wildman–Crippen MR) is 115 cm³/mol. The van der Waals surface area contributed by atoms with E-state index in [1.807, 2.05) is 10.6 Å². The number of ether oxygens (including phenoxy) is 1. The van der Waals surface area contributed by atoms with Gasteiger partial charge in [0.25, 0.3) is 17.7 Å². The molecule has 2 fully saturated rings. The number of nitrogens with zero attached hydrogens (tertiary/aromatic N) is 2. The summed E-state index contributed by atoms with van der Waals surface area (Å²) in [5.74, 6) is -2.59. The number of nitrogens with one attached hydrogen (secondary N) is 2. The first-order valence-electron chi connectivity index (χ1n) is 10.1. The van der Waals surface area contributed by atoms with Crippen molar-refractivity contribution in [2.24, 2.45) is 0 Å². The third-order valence-electron chi connectivity index (χ3n) is 5.22. The molecule has 33 heavy (non-hydrogen) atoms. The maximum absolute atomic E-state index is 14.6. The minimum Gasteiger partial charge on any atom is -0.487 e. The van der Waals surface area contributed by atoms with Crippen molar-refractivity contribution >= 4 is 41.4 Å². The van der Waals surface area contributed by atoms with Crippen LogP contribution in [0.3, 0.4) is 0 Å². The zero-order chi connectivity index (χ0) is 23.5. The number of amides is 5. The molecule has 4 rings (SSSR count). The Kier molecular flexibility index (Phi) is 6.36. The lowest BCUT2D eigenvalue weighted by Gasteiger charge is -2.32. The number of piperidine rings is 1. The minimum atomic E-state index is -0.909. The van der Waals surface area contributed by atoms with Gasteiger partial charge in [-0.25, -0.2) is 14.2 Å². The summed E-state index contributed by atoms with van der Waals surface area (Å²) in [6.45, 7) is 0.840. The van der Waals surface area contributed by atoms with Gasteiger partial charge in [-0.2, -0.15) is 0 Å². The topological polar surface area (TPSA) is 118 Å². The van der Waals surface area contributed by atoms with Gasteiger partial charge in [-0.3, -0.25) is 25.0 Å². The summed E-state index contributed by atoms with van der Waals surface area (Å²) < 4.78 is 20.4. The largest absolute Gasteiger partial charge is 0.487 e. The van der Waals surface area contributed by atoms with Crippen LogP contribution >= 0.6 is 11.6 Å². The van der Waals surface area contributed by atoms with Gasteiger partial charge in [0.15, 0.2) is 11.6 Å². The summed E-state index contributed by atoms with van der Waals surface area (Å²) in [5.41, 5.74) is 0.274. The number of carbonyl (C=O) groups is 4. The zero-order valence-corrected chi connectivity index (χ0v) is 17.9. The quantitative estimate of drug-likeness (QED) is 0.400. The predicted octanol–water partition coefficient (Wildman–Crippen LogP) is 2.31. The summed E-state index contributed by atoms with van der Waals surface area (Å²) in [7, 11) is 0. The van der Waals surface area contributed by atoms with Crippen molar-refractivity contribution in [2.75, 3.05) is 13.1 Å². The highest BCUT2D eigenvalue weighted by Crippen LogP contribution is 2.25. The molecule has 2 N–H and O–H groups in total. The second kappa shape index (κ2) is 9.37. The van der Waals surface area contributed by atoms with E-state index in [4.69, 9.17) is 16.3 Å². The lowest BCUT2D eigenvalue weighted by Crippen LogP contribution is -2.51. The van der Waals surface area contributed by atoms with Gasteiger partial charge in [0.1, 0.15) is 16.8 Å². The van der Waals surface area contributed by atoms with E-state index in [1.54, 1.807) is 17.0 Å². The van der Waals surface area contributed by atoms with Crippen LogP contribution in [0.5, 0.6) is 5.75 Å². The van der Waals surface area contributed by atoms with E-state index in [2.05, 4.69) is 4.98 Å². The van der Waals surface area contributed by atoms with Crippen LogP contribution < -0.4 is 15.4 Å². The third kappa shape index (κ3) is 5.01. The molecule has 9 nitrogen and oxygen atoms in total. The number of benzene rings is 1. The van der Waals surface area contributed by atoms with Crippen LogP contribution in [0.4, 0.5) is 9.18 Å². The molecule has 2 aromatic rings. The lowest BCUT2D eigenvalue weighted by molar-refractivity contribution is -0.123. The first-order valence-corrected chi connectivity index (χ1v) is 10.4. The van der Waals surface area contributed by atoms with Crippen molar-refractivity contribution < 1.29 is 28.3 Å². The highest BCUT2D eigenvalue weighted by molar-refractivity contribution is 6.32. The fraction of sp³-hybridized carbons (Fsp3) is 0.227. The summed E-state index contributed by atoms with van der Waals surface area (Å²) >= 11 is 6.00. The standard InChI is InChI=1S/C22H18ClFN4O5/c23-18-14(2-1-7-25-18)21(31)28-8-5-13(6-9-28)33-17-4-3-12(11-16(17)24)10-15-19(29)26-22(32)27-20(15)30/h1-4,7,10-11,13H,5-6,8-9H2,(H2,26,27,29,30,32). The molecule has 0 radical (unpaired) electrons. The smallest absolute Gasteiger partial charge is 0.328 e. The van der Waals surface area contributed by atoms with Gasteiger partial charge in [-0.05, 0) is 35.9 Å².